The SMILES string of the molecule is CCCCCCCC/C=C\CCCCCCCC(=O)N[C@@H](Cc1cnc[nH]1)C(=O)OCC. The molecular weight excluding hydrogens is 402 g/mol. The maximum Gasteiger partial charge on any atom is 0.329 e. The second-order valence-corrected chi connectivity index (χ2v) is 8.49. The van der Waals surface area contributed by atoms with E-state index < -0.39 is 12.0 Å². The Hall–Kier alpha value is -2.11. The molecule has 0 aromatic carbocycles. The molecule has 1 heterocycles. The Morgan fingerprint density at radius 2 is 1.59 bits per heavy atom. The molecule has 0 unspecified atom stereocenters. The summed E-state index contributed by atoms with van der Waals surface area (Å²) in [5.74, 6) is -0.500. The molecule has 6 heteroatoms. The van der Waals surface area contributed by atoms with Crippen molar-refractivity contribution in [3.8, 4) is 0 Å². The number of hydrogen-bond donors (Lipinski definition) is 2. The number of esters is 1. The van der Waals surface area contributed by atoms with Crippen LogP contribution in [-0.2, 0) is 20.7 Å². The van der Waals surface area contributed by atoms with E-state index in [1.165, 1.54) is 57.8 Å². The van der Waals surface area contributed by atoms with Gasteiger partial charge in [-0.25, -0.2) is 9.78 Å². The van der Waals surface area contributed by atoms with Gasteiger partial charge in [0.05, 0.1) is 12.9 Å². The van der Waals surface area contributed by atoms with Crippen molar-refractivity contribution < 1.29 is 14.3 Å². The molecule has 0 aliphatic heterocycles. The van der Waals surface area contributed by atoms with Crippen LogP contribution in [0.2, 0.25) is 0 Å². The highest BCUT2D eigenvalue weighted by atomic mass is 16.5. The number of H-pyrrole nitrogens is 1. The first-order valence-electron chi connectivity index (χ1n) is 12.8. The summed E-state index contributed by atoms with van der Waals surface area (Å²) in [5.41, 5.74) is 0.796. The molecule has 0 saturated heterocycles. The first-order chi connectivity index (χ1) is 15.7. The number of aromatic nitrogens is 2. The fourth-order valence-electron chi connectivity index (χ4n) is 3.68. The largest absolute Gasteiger partial charge is 0.464 e. The van der Waals surface area contributed by atoms with Crippen molar-refractivity contribution in [2.45, 2.75) is 116 Å². The number of aromatic amines is 1. The number of ether oxygens (including phenoxy) is 1. The molecule has 1 aromatic rings. The molecule has 1 aromatic heterocycles. The van der Waals surface area contributed by atoms with Crippen molar-refractivity contribution in [3.63, 3.8) is 0 Å². The van der Waals surface area contributed by atoms with Crippen molar-refractivity contribution in [2.24, 2.45) is 0 Å². The topological polar surface area (TPSA) is 84.1 Å². The maximum absolute atomic E-state index is 12.3. The van der Waals surface area contributed by atoms with Crippen LogP contribution in [-0.4, -0.2) is 34.5 Å². The summed E-state index contributed by atoms with van der Waals surface area (Å²) >= 11 is 0. The number of carbonyl (C=O) groups excluding carboxylic acids is 2. The Morgan fingerprint density at radius 1 is 0.969 bits per heavy atom. The van der Waals surface area contributed by atoms with Gasteiger partial charge in [0, 0.05) is 24.7 Å². The zero-order chi connectivity index (χ0) is 23.3. The lowest BCUT2D eigenvalue weighted by atomic mass is 10.1. The van der Waals surface area contributed by atoms with Gasteiger partial charge < -0.3 is 15.0 Å². The first-order valence-corrected chi connectivity index (χ1v) is 12.8. The third-order valence-corrected chi connectivity index (χ3v) is 5.55. The quantitative estimate of drug-likeness (QED) is 0.145. The molecule has 182 valence electrons. The Morgan fingerprint density at radius 3 is 2.19 bits per heavy atom. The monoisotopic (exact) mass is 447 g/mol. The number of carbonyl (C=O) groups is 2. The van der Waals surface area contributed by atoms with E-state index in [4.69, 9.17) is 4.74 Å². The number of nitrogens with one attached hydrogen (secondary N) is 2. The molecule has 0 aliphatic rings. The van der Waals surface area contributed by atoms with E-state index in [0.717, 1.165) is 31.4 Å². The van der Waals surface area contributed by atoms with Gasteiger partial charge in [0.25, 0.3) is 0 Å². The van der Waals surface area contributed by atoms with Crippen molar-refractivity contribution >= 4 is 11.9 Å². The van der Waals surface area contributed by atoms with Gasteiger partial charge in [-0.2, -0.15) is 0 Å². The minimum atomic E-state index is -0.675. The summed E-state index contributed by atoms with van der Waals surface area (Å²) in [4.78, 5) is 31.3. The average molecular weight is 448 g/mol. The molecule has 0 spiro atoms. The molecule has 0 fully saturated rings. The van der Waals surface area contributed by atoms with E-state index in [0.29, 0.717) is 19.4 Å². The number of imidazole rings is 1. The highest BCUT2D eigenvalue weighted by Gasteiger charge is 2.22. The molecule has 6 nitrogen and oxygen atoms in total. The lowest BCUT2D eigenvalue weighted by molar-refractivity contribution is -0.147. The van der Waals surface area contributed by atoms with Gasteiger partial charge in [-0.1, -0.05) is 70.4 Å². The van der Waals surface area contributed by atoms with Crippen LogP contribution in [0.15, 0.2) is 24.7 Å². The lowest BCUT2D eigenvalue weighted by Gasteiger charge is -2.16. The molecule has 32 heavy (non-hydrogen) atoms. The van der Waals surface area contributed by atoms with Crippen LogP contribution in [0.3, 0.4) is 0 Å². The zero-order valence-corrected chi connectivity index (χ0v) is 20.4. The Bertz CT molecular complexity index is 614. The van der Waals surface area contributed by atoms with Crippen LogP contribution in [0.5, 0.6) is 0 Å². The summed E-state index contributed by atoms with van der Waals surface area (Å²) in [6.45, 7) is 4.31. The van der Waals surface area contributed by atoms with E-state index in [1.54, 1.807) is 19.4 Å². The van der Waals surface area contributed by atoms with E-state index in [1.807, 2.05) is 0 Å². The molecule has 0 bridgehead atoms. The fourth-order valence-corrected chi connectivity index (χ4v) is 3.68. The van der Waals surface area contributed by atoms with Crippen LogP contribution in [0.1, 0.15) is 109 Å². The summed E-state index contributed by atoms with van der Waals surface area (Å²) in [7, 11) is 0. The minimum absolute atomic E-state index is 0.0970. The number of nitrogens with zero attached hydrogens (tertiary/aromatic N) is 1. The zero-order valence-electron chi connectivity index (χ0n) is 20.4. The second-order valence-electron chi connectivity index (χ2n) is 8.49. The van der Waals surface area contributed by atoms with Gasteiger partial charge in [0.2, 0.25) is 5.91 Å². The van der Waals surface area contributed by atoms with Crippen molar-refractivity contribution in [1.29, 1.82) is 0 Å². The number of amides is 1. The molecule has 1 atom stereocenters. The smallest absolute Gasteiger partial charge is 0.329 e. The van der Waals surface area contributed by atoms with E-state index in [9.17, 15) is 9.59 Å². The van der Waals surface area contributed by atoms with Crippen LogP contribution in [0.4, 0.5) is 0 Å². The fraction of sp³-hybridized carbons (Fsp3) is 0.731. The van der Waals surface area contributed by atoms with Gasteiger partial charge >= 0.3 is 5.97 Å². The van der Waals surface area contributed by atoms with Gasteiger partial charge in [0.1, 0.15) is 6.04 Å². The van der Waals surface area contributed by atoms with Gasteiger partial charge in [0.15, 0.2) is 0 Å². The normalized spacial score (nSPS) is 12.2. The average Bonchev–Trinajstić information content (AvgIpc) is 3.29. The van der Waals surface area contributed by atoms with Crippen molar-refractivity contribution in [2.75, 3.05) is 6.61 Å². The number of allylic oxidation sites excluding steroid dienone is 2. The summed E-state index contributed by atoms with van der Waals surface area (Å²) < 4.78 is 5.09. The number of hydrogen-bond acceptors (Lipinski definition) is 4. The Labute approximate surface area is 195 Å². The van der Waals surface area contributed by atoms with Gasteiger partial charge in [-0.3, -0.25) is 4.79 Å². The predicted octanol–water partition coefficient (Wildman–Crippen LogP) is 6.04. The highest BCUT2D eigenvalue weighted by molar-refractivity contribution is 5.84. The van der Waals surface area contributed by atoms with Gasteiger partial charge in [-0.05, 0) is 39.0 Å². The molecule has 0 saturated carbocycles. The number of rotatable bonds is 20. The lowest BCUT2D eigenvalue weighted by Crippen LogP contribution is -2.43. The summed E-state index contributed by atoms with van der Waals surface area (Å²) in [5, 5.41) is 2.82. The highest BCUT2D eigenvalue weighted by Crippen LogP contribution is 2.10. The molecule has 2 N–H and O–H groups in total. The Kier molecular flexibility index (Phi) is 17.1. The molecular formula is C26H45N3O3. The maximum atomic E-state index is 12.3. The molecule has 1 rings (SSSR count). The first kappa shape index (κ1) is 27.9. The second kappa shape index (κ2) is 19.6. The van der Waals surface area contributed by atoms with Crippen LogP contribution < -0.4 is 5.32 Å². The van der Waals surface area contributed by atoms with Crippen molar-refractivity contribution in [3.05, 3.63) is 30.4 Å². The number of unbranched alkanes of at least 4 members (excludes halogenated alkanes) is 11. The Balaban J connectivity index is 2.04. The third kappa shape index (κ3) is 14.8. The summed E-state index contributed by atoms with van der Waals surface area (Å²) in [6.07, 6.45) is 24.7. The summed E-state index contributed by atoms with van der Waals surface area (Å²) in [6, 6.07) is -0.675. The van der Waals surface area contributed by atoms with Crippen molar-refractivity contribution in [1.82, 2.24) is 15.3 Å². The molecule has 0 aliphatic carbocycles. The van der Waals surface area contributed by atoms with Crippen LogP contribution in [0.25, 0.3) is 0 Å². The molecule has 0 radical (unpaired) electrons. The van der Waals surface area contributed by atoms with Crippen LogP contribution >= 0.6 is 0 Å². The van der Waals surface area contributed by atoms with E-state index in [-0.39, 0.29) is 5.91 Å². The predicted molar refractivity (Wildman–Crippen MR) is 130 cm³/mol. The third-order valence-electron chi connectivity index (χ3n) is 5.55. The van der Waals surface area contributed by atoms with E-state index >= 15 is 0 Å². The van der Waals surface area contributed by atoms with E-state index in [2.05, 4.69) is 34.4 Å². The van der Waals surface area contributed by atoms with Crippen LogP contribution in [0, 0.1) is 0 Å². The standard InChI is InChI=1S/C26H45N3O3/c1-3-5-6-7-8-9-10-11-12-13-14-15-16-17-18-19-25(30)29-24(26(31)32-4-2)20-23-21-27-22-28-23/h11-12,21-22,24H,3-10,13-20H2,1-2H3,(H,27,28)(H,29,30)/b12-11-/t24-/m0/s1. The molecule has 1 amide bonds. The van der Waals surface area contributed by atoms with Gasteiger partial charge in [-0.15, -0.1) is 0 Å². The minimum Gasteiger partial charge on any atom is -0.464 e.